The molecule has 0 aromatic carbocycles. The first kappa shape index (κ1) is 21.7. The summed E-state index contributed by atoms with van der Waals surface area (Å²) < 4.78 is 5.28. The van der Waals surface area contributed by atoms with E-state index in [0.717, 1.165) is 56.4 Å². The van der Waals surface area contributed by atoms with Gasteiger partial charge in [-0.3, -0.25) is 9.69 Å². The molecule has 2 N–H and O–H groups in total. The van der Waals surface area contributed by atoms with Crippen LogP contribution in [0.2, 0.25) is 0 Å². The SMILES string of the molecule is COc1ccc(N(C)C(=O)O)c(N2CCC[C@]3(CCN(C4CCC(O)CC4)C3=O)C2)n1. The van der Waals surface area contributed by atoms with Gasteiger partial charge >= 0.3 is 6.09 Å². The monoisotopic (exact) mass is 432 g/mol. The minimum atomic E-state index is -1.07. The molecule has 9 heteroatoms. The Kier molecular flexibility index (Phi) is 5.96. The van der Waals surface area contributed by atoms with Gasteiger partial charge in [0.05, 0.1) is 24.3 Å². The summed E-state index contributed by atoms with van der Waals surface area (Å²) >= 11 is 0. The molecule has 3 heterocycles. The summed E-state index contributed by atoms with van der Waals surface area (Å²) in [6, 6.07) is 3.57. The maximum Gasteiger partial charge on any atom is 0.411 e. The number of aromatic nitrogens is 1. The fourth-order valence-corrected chi connectivity index (χ4v) is 5.39. The van der Waals surface area contributed by atoms with Crippen LogP contribution in [0.1, 0.15) is 44.9 Å². The van der Waals surface area contributed by atoms with Gasteiger partial charge in [0.2, 0.25) is 11.8 Å². The number of nitrogens with zero attached hydrogens (tertiary/aromatic N) is 4. The van der Waals surface area contributed by atoms with Gasteiger partial charge in [-0.15, -0.1) is 0 Å². The van der Waals surface area contributed by atoms with E-state index < -0.39 is 11.5 Å². The second-order valence-corrected chi connectivity index (χ2v) is 9.05. The van der Waals surface area contributed by atoms with Crippen molar-refractivity contribution in [2.45, 2.75) is 57.1 Å². The fraction of sp³-hybridized carbons (Fsp3) is 0.682. The number of likely N-dealkylation sites (tertiary alicyclic amines) is 1. The van der Waals surface area contributed by atoms with E-state index in [1.165, 1.54) is 14.2 Å². The smallest absolute Gasteiger partial charge is 0.411 e. The van der Waals surface area contributed by atoms with Gasteiger partial charge in [-0.25, -0.2) is 4.79 Å². The van der Waals surface area contributed by atoms with Gasteiger partial charge in [-0.2, -0.15) is 4.98 Å². The van der Waals surface area contributed by atoms with Gasteiger partial charge in [0.1, 0.15) is 0 Å². The number of carbonyl (C=O) groups excluding carboxylic acids is 1. The van der Waals surface area contributed by atoms with Crippen molar-refractivity contribution in [1.82, 2.24) is 9.88 Å². The highest BCUT2D eigenvalue weighted by Crippen LogP contribution is 2.44. The van der Waals surface area contributed by atoms with Gasteiger partial charge in [-0.1, -0.05) is 0 Å². The van der Waals surface area contributed by atoms with Crippen LogP contribution in [0, 0.1) is 5.41 Å². The molecule has 2 amide bonds. The summed E-state index contributed by atoms with van der Waals surface area (Å²) in [4.78, 5) is 35.0. The molecule has 0 bridgehead atoms. The van der Waals surface area contributed by atoms with E-state index in [1.54, 1.807) is 12.1 Å². The largest absolute Gasteiger partial charge is 0.481 e. The third-order valence-corrected chi connectivity index (χ3v) is 7.22. The van der Waals surface area contributed by atoms with Gasteiger partial charge < -0.3 is 24.7 Å². The van der Waals surface area contributed by atoms with Crippen molar-refractivity contribution in [3.05, 3.63) is 12.1 Å². The number of anilines is 2. The third-order valence-electron chi connectivity index (χ3n) is 7.22. The van der Waals surface area contributed by atoms with E-state index in [-0.39, 0.29) is 18.1 Å². The number of ether oxygens (including phenoxy) is 1. The van der Waals surface area contributed by atoms with Gasteiger partial charge in [0, 0.05) is 38.8 Å². The predicted molar refractivity (Wildman–Crippen MR) is 116 cm³/mol. The molecule has 4 rings (SSSR count). The first-order valence-corrected chi connectivity index (χ1v) is 11.1. The molecule has 1 spiro atoms. The van der Waals surface area contributed by atoms with E-state index in [0.29, 0.717) is 30.5 Å². The molecule has 0 radical (unpaired) electrons. The quantitative estimate of drug-likeness (QED) is 0.752. The highest BCUT2D eigenvalue weighted by molar-refractivity contribution is 5.90. The first-order valence-electron chi connectivity index (χ1n) is 11.1. The number of amides is 2. The number of hydrogen-bond acceptors (Lipinski definition) is 6. The number of aliphatic hydroxyl groups is 1. The average molecular weight is 433 g/mol. The summed E-state index contributed by atoms with van der Waals surface area (Å²) in [5, 5.41) is 19.3. The van der Waals surface area contributed by atoms with Gasteiger partial charge in [-0.05, 0) is 51.0 Å². The predicted octanol–water partition coefficient (Wildman–Crippen LogP) is 2.33. The van der Waals surface area contributed by atoms with Crippen LogP contribution in [0.3, 0.4) is 0 Å². The Balaban J connectivity index is 1.58. The first-order chi connectivity index (χ1) is 14.8. The van der Waals surface area contributed by atoms with E-state index >= 15 is 0 Å². The molecule has 0 unspecified atom stereocenters. The van der Waals surface area contributed by atoms with Crippen LogP contribution in [0.15, 0.2) is 12.1 Å². The van der Waals surface area contributed by atoms with Crippen LogP contribution in [-0.4, -0.2) is 78.0 Å². The molecule has 1 atom stereocenters. The summed E-state index contributed by atoms with van der Waals surface area (Å²) in [5.74, 6) is 1.15. The van der Waals surface area contributed by atoms with E-state index in [2.05, 4.69) is 4.98 Å². The van der Waals surface area contributed by atoms with Crippen LogP contribution in [0.4, 0.5) is 16.3 Å². The Hall–Kier alpha value is -2.55. The molecule has 3 aliphatic rings. The van der Waals surface area contributed by atoms with Crippen molar-refractivity contribution >= 4 is 23.5 Å². The van der Waals surface area contributed by atoms with E-state index in [9.17, 15) is 19.8 Å². The molecule has 1 aromatic heterocycles. The van der Waals surface area contributed by atoms with E-state index in [4.69, 9.17) is 4.74 Å². The van der Waals surface area contributed by atoms with Crippen molar-refractivity contribution in [3.8, 4) is 5.88 Å². The zero-order valence-corrected chi connectivity index (χ0v) is 18.3. The van der Waals surface area contributed by atoms with Gasteiger partial charge in [0.15, 0.2) is 5.82 Å². The van der Waals surface area contributed by atoms with Gasteiger partial charge in [0.25, 0.3) is 0 Å². The summed E-state index contributed by atoms with van der Waals surface area (Å²) in [5.41, 5.74) is 0.0203. The minimum absolute atomic E-state index is 0.203. The number of aliphatic hydroxyl groups excluding tert-OH is 1. The van der Waals surface area contributed by atoms with Crippen molar-refractivity contribution < 1.29 is 24.5 Å². The normalized spacial score (nSPS) is 28.8. The summed E-state index contributed by atoms with van der Waals surface area (Å²) in [6.45, 7) is 1.99. The zero-order chi connectivity index (χ0) is 22.2. The van der Waals surface area contributed by atoms with Crippen LogP contribution >= 0.6 is 0 Å². The lowest BCUT2D eigenvalue weighted by molar-refractivity contribution is -0.139. The topological polar surface area (TPSA) is 106 Å². The number of piperidine rings is 1. The Morgan fingerprint density at radius 2 is 1.97 bits per heavy atom. The fourth-order valence-electron chi connectivity index (χ4n) is 5.39. The van der Waals surface area contributed by atoms with Crippen molar-refractivity contribution in [3.63, 3.8) is 0 Å². The maximum atomic E-state index is 13.6. The molecule has 1 saturated carbocycles. The second-order valence-electron chi connectivity index (χ2n) is 9.05. The van der Waals surface area contributed by atoms with Crippen molar-refractivity contribution in [2.75, 3.05) is 43.6 Å². The standard InChI is InChI=1S/C22H32N4O5/c1-24(21(29)30)17-8-9-18(31-2)23-19(17)25-12-3-10-22(14-25)11-13-26(20(22)28)15-4-6-16(27)7-5-15/h8-9,15-16,27H,3-7,10-14H2,1-2H3,(H,29,30)/t15?,16?,22-/m0/s1. The van der Waals surface area contributed by atoms with Crippen LogP contribution < -0.4 is 14.5 Å². The molecular weight excluding hydrogens is 400 g/mol. The summed E-state index contributed by atoms with van der Waals surface area (Å²) in [6.07, 6.45) is 4.41. The lowest BCUT2D eigenvalue weighted by atomic mass is 9.78. The zero-order valence-electron chi connectivity index (χ0n) is 18.3. The highest BCUT2D eigenvalue weighted by Gasteiger charge is 2.51. The molecule has 3 fully saturated rings. The Morgan fingerprint density at radius 1 is 1.23 bits per heavy atom. The minimum Gasteiger partial charge on any atom is -0.481 e. The van der Waals surface area contributed by atoms with Crippen molar-refractivity contribution in [1.29, 1.82) is 0 Å². The molecular formula is C22H32N4O5. The Morgan fingerprint density at radius 3 is 2.65 bits per heavy atom. The number of pyridine rings is 1. The number of carbonyl (C=O) groups is 2. The average Bonchev–Trinajstić information content (AvgIpc) is 3.08. The van der Waals surface area contributed by atoms with Crippen molar-refractivity contribution in [2.24, 2.45) is 5.41 Å². The molecule has 31 heavy (non-hydrogen) atoms. The molecule has 1 aliphatic carbocycles. The molecule has 170 valence electrons. The lowest BCUT2D eigenvalue weighted by Gasteiger charge is -2.41. The Labute approximate surface area is 182 Å². The summed E-state index contributed by atoms with van der Waals surface area (Å²) in [7, 11) is 3.03. The molecule has 2 aliphatic heterocycles. The van der Waals surface area contributed by atoms with E-state index in [1.807, 2.05) is 9.80 Å². The van der Waals surface area contributed by atoms with Crippen LogP contribution in [0.5, 0.6) is 5.88 Å². The van der Waals surface area contributed by atoms with Crippen LogP contribution in [0.25, 0.3) is 0 Å². The Bertz CT molecular complexity index is 841. The number of carboxylic acid groups (broad SMARTS) is 1. The number of hydrogen-bond donors (Lipinski definition) is 2. The maximum absolute atomic E-state index is 13.6. The number of methoxy groups -OCH3 is 1. The lowest BCUT2D eigenvalue weighted by Crippen LogP contribution is -2.50. The molecule has 2 saturated heterocycles. The second kappa shape index (κ2) is 8.53. The highest BCUT2D eigenvalue weighted by atomic mass is 16.5. The van der Waals surface area contributed by atoms with Crippen LogP contribution in [-0.2, 0) is 4.79 Å². The number of rotatable bonds is 4. The molecule has 9 nitrogen and oxygen atoms in total. The molecule has 1 aromatic rings. The third kappa shape index (κ3) is 4.03.